The molecule has 0 aliphatic heterocycles. The summed E-state index contributed by atoms with van der Waals surface area (Å²) in [6.07, 6.45) is 25.4. The van der Waals surface area contributed by atoms with Crippen LogP contribution in [0, 0.1) is 5.92 Å². The second-order valence-electron chi connectivity index (χ2n) is 16.2. The Hall–Kier alpha value is -1.30. The molecule has 0 unspecified atom stereocenters. The van der Waals surface area contributed by atoms with E-state index in [0.717, 1.165) is 136 Å². The Kier molecular flexibility index (Phi) is 41.8. The van der Waals surface area contributed by atoms with Crippen molar-refractivity contribution >= 4 is 11.8 Å². The number of hydrogen-bond donors (Lipinski definition) is 6. The summed E-state index contributed by atoms with van der Waals surface area (Å²) in [5.41, 5.74) is 0. The fourth-order valence-corrected chi connectivity index (χ4v) is 6.53. The minimum atomic E-state index is 0.302. The van der Waals surface area contributed by atoms with Gasteiger partial charge in [0.05, 0.1) is 0 Å². The topological polar surface area (TPSA) is 113 Å². The van der Waals surface area contributed by atoms with Gasteiger partial charge in [-0.25, -0.2) is 0 Å². The first-order valence-corrected chi connectivity index (χ1v) is 23.1. The van der Waals surface area contributed by atoms with Gasteiger partial charge < -0.3 is 41.7 Å². The summed E-state index contributed by atoms with van der Waals surface area (Å²) in [4.78, 5) is 28.4. The Morgan fingerprint density at radius 3 is 1.04 bits per heavy atom. The smallest absolute Gasteiger partial charge is 0.222 e. The fourth-order valence-electron chi connectivity index (χ4n) is 6.53. The number of carbonyl (C=O) groups is 2. The Morgan fingerprint density at radius 1 is 0.389 bits per heavy atom. The highest BCUT2D eigenvalue weighted by molar-refractivity contribution is 5.76. The number of nitrogens with one attached hydrogen (secondary N) is 6. The van der Waals surface area contributed by atoms with Crippen LogP contribution in [0.5, 0.6) is 0 Å². The molecule has 6 N–H and O–H groups in total. The van der Waals surface area contributed by atoms with E-state index in [-0.39, 0.29) is 0 Å². The van der Waals surface area contributed by atoms with Crippen molar-refractivity contribution in [2.24, 2.45) is 5.92 Å². The van der Waals surface area contributed by atoms with E-state index in [1.54, 1.807) is 0 Å². The summed E-state index contributed by atoms with van der Waals surface area (Å²) in [7, 11) is 3.91. The fraction of sp³-hybridized carbons (Fsp3) is 0.955. The number of rotatable bonds is 44. The molecular formula is C44H94N8O2. The van der Waals surface area contributed by atoms with Crippen LogP contribution in [0.4, 0.5) is 0 Å². The van der Waals surface area contributed by atoms with Crippen molar-refractivity contribution in [1.82, 2.24) is 41.7 Å². The van der Waals surface area contributed by atoms with Crippen LogP contribution >= 0.6 is 0 Å². The van der Waals surface area contributed by atoms with Gasteiger partial charge in [-0.1, -0.05) is 85.0 Å². The molecule has 0 bridgehead atoms. The minimum absolute atomic E-state index is 0.302. The normalized spacial score (nSPS) is 11.5. The van der Waals surface area contributed by atoms with Gasteiger partial charge in [0, 0.05) is 40.0 Å². The van der Waals surface area contributed by atoms with Crippen LogP contribution in [0.2, 0.25) is 0 Å². The molecule has 0 radical (unpaired) electrons. The van der Waals surface area contributed by atoms with E-state index >= 15 is 0 Å². The molecule has 0 fully saturated rings. The zero-order valence-electron chi connectivity index (χ0n) is 36.7. The maximum atomic E-state index is 12.3. The first-order chi connectivity index (χ1) is 26.4. The van der Waals surface area contributed by atoms with Gasteiger partial charge in [-0.05, 0) is 149 Å². The van der Waals surface area contributed by atoms with Gasteiger partial charge >= 0.3 is 0 Å². The third-order valence-electron chi connectivity index (χ3n) is 10.2. The van der Waals surface area contributed by atoms with Gasteiger partial charge in [-0.2, -0.15) is 0 Å². The van der Waals surface area contributed by atoms with Gasteiger partial charge in [-0.15, -0.1) is 0 Å². The summed E-state index contributed by atoms with van der Waals surface area (Å²) in [6, 6.07) is 0. The predicted octanol–water partition coefficient (Wildman–Crippen LogP) is 6.70. The molecule has 322 valence electrons. The van der Waals surface area contributed by atoms with Crippen molar-refractivity contribution in [3.8, 4) is 0 Å². The molecule has 0 aliphatic rings. The number of nitrogens with zero attached hydrogens (tertiary/aromatic N) is 2. The van der Waals surface area contributed by atoms with Crippen LogP contribution in [-0.2, 0) is 9.59 Å². The van der Waals surface area contributed by atoms with Crippen molar-refractivity contribution in [3.05, 3.63) is 0 Å². The first-order valence-electron chi connectivity index (χ1n) is 23.1. The van der Waals surface area contributed by atoms with Crippen molar-refractivity contribution < 1.29 is 9.59 Å². The minimum Gasteiger partial charge on any atom is -0.346 e. The lowest BCUT2D eigenvalue weighted by Crippen LogP contribution is -2.30. The molecule has 0 saturated heterocycles. The number of amides is 2. The lowest BCUT2D eigenvalue weighted by Gasteiger charge is -2.17. The van der Waals surface area contributed by atoms with E-state index in [1.807, 2.05) is 23.9 Å². The average Bonchev–Trinajstić information content (AvgIpc) is 3.16. The van der Waals surface area contributed by atoms with E-state index in [2.05, 4.69) is 52.7 Å². The predicted molar refractivity (Wildman–Crippen MR) is 235 cm³/mol. The molecule has 0 aromatic carbocycles. The molecule has 0 spiro atoms. The lowest BCUT2D eigenvalue weighted by atomic mass is 10.0. The molecule has 0 atom stereocenters. The largest absolute Gasteiger partial charge is 0.346 e. The zero-order chi connectivity index (χ0) is 39.6. The quantitative estimate of drug-likeness (QED) is 0.0381. The monoisotopic (exact) mass is 767 g/mol. The van der Waals surface area contributed by atoms with Gasteiger partial charge in [0.1, 0.15) is 0 Å². The van der Waals surface area contributed by atoms with Gasteiger partial charge in [0.25, 0.3) is 0 Å². The van der Waals surface area contributed by atoms with Gasteiger partial charge in [0.2, 0.25) is 11.8 Å². The van der Waals surface area contributed by atoms with E-state index in [1.165, 1.54) is 89.9 Å². The molecule has 54 heavy (non-hydrogen) atoms. The van der Waals surface area contributed by atoms with Crippen LogP contribution in [0.1, 0.15) is 162 Å². The molecular weight excluding hydrogens is 673 g/mol. The van der Waals surface area contributed by atoms with Gasteiger partial charge in [-0.3, -0.25) is 9.59 Å². The van der Waals surface area contributed by atoms with Crippen LogP contribution in [0.25, 0.3) is 0 Å². The average molecular weight is 767 g/mol. The third-order valence-corrected chi connectivity index (χ3v) is 10.2. The van der Waals surface area contributed by atoms with Crippen molar-refractivity contribution in [2.45, 2.75) is 162 Å². The molecule has 0 aromatic heterocycles. The van der Waals surface area contributed by atoms with Gasteiger partial charge in [0.15, 0.2) is 0 Å². The lowest BCUT2D eigenvalue weighted by molar-refractivity contribution is -0.130. The van der Waals surface area contributed by atoms with Crippen molar-refractivity contribution in [3.63, 3.8) is 0 Å². The summed E-state index contributed by atoms with van der Waals surface area (Å²) in [6.45, 7) is 21.2. The molecule has 2 amide bonds. The van der Waals surface area contributed by atoms with Crippen LogP contribution < -0.4 is 31.9 Å². The van der Waals surface area contributed by atoms with E-state index in [0.29, 0.717) is 24.7 Å². The molecule has 0 aromatic rings. The molecule has 0 rings (SSSR count). The number of hydrogen-bond acceptors (Lipinski definition) is 8. The zero-order valence-corrected chi connectivity index (χ0v) is 36.7. The maximum Gasteiger partial charge on any atom is 0.222 e. The Morgan fingerprint density at radius 2 is 0.685 bits per heavy atom. The summed E-state index contributed by atoms with van der Waals surface area (Å²) in [5, 5.41) is 21.3. The second-order valence-corrected chi connectivity index (χ2v) is 16.2. The second kappa shape index (κ2) is 42.8. The SMILES string of the molecule is CCCCCCCCCC(=O)N(C)CCCNCCCNCCCNCCCCNCCCNCCCNCCCN(C)C(=O)CCCCCCC(C)C. The van der Waals surface area contributed by atoms with E-state index < -0.39 is 0 Å². The standard InChI is InChI=1S/C44H94N8O2/c1-6-7-8-9-10-11-15-26-43(53)51(4)40-23-38-49-36-21-34-47-32-19-30-45-28-17-18-29-46-31-20-33-48-35-22-37-50-39-24-41-52(5)44(54)27-16-13-12-14-25-42(2)3/h42,45-50H,6-41H2,1-5H3. The highest BCUT2D eigenvalue weighted by Gasteiger charge is 2.09. The Labute approximate surface area is 336 Å². The highest BCUT2D eigenvalue weighted by Crippen LogP contribution is 2.11. The Bertz CT molecular complexity index is 788. The molecule has 0 saturated carbocycles. The van der Waals surface area contributed by atoms with Crippen LogP contribution in [0.3, 0.4) is 0 Å². The summed E-state index contributed by atoms with van der Waals surface area (Å²) in [5.74, 6) is 1.40. The molecule has 0 heterocycles. The molecule has 10 nitrogen and oxygen atoms in total. The number of unbranched alkanes of at least 4 members (excludes halogenated alkanes) is 10. The number of carbonyl (C=O) groups excluding carboxylic acids is 2. The molecule has 0 aliphatic carbocycles. The summed E-state index contributed by atoms with van der Waals surface area (Å²) >= 11 is 0. The maximum absolute atomic E-state index is 12.3. The van der Waals surface area contributed by atoms with E-state index in [4.69, 9.17) is 0 Å². The van der Waals surface area contributed by atoms with Crippen LogP contribution in [0.15, 0.2) is 0 Å². The van der Waals surface area contributed by atoms with Crippen LogP contribution in [-0.4, -0.2) is 127 Å². The highest BCUT2D eigenvalue weighted by atomic mass is 16.2. The third kappa shape index (κ3) is 40.4. The first kappa shape index (κ1) is 52.7. The molecule has 10 heteroatoms. The Balaban J connectivity index is 3.25. The van der Waals surface area contributed by atoms with E-state index in [9.17, 15) is 9.59 Å². The van der Waals surface area contributed by atoms with Crippen molar-refractivity contribution in [2.75, 3.05) is 106 Å². The van der Waals surface area contributed by atoms with Crippen molar-refractivity contribution in [1.29, 1.82) is 0 Å². The summed E-state index contributed by atoms with van der Waals surface area (Å²) < 4.78 is 0.